The van der Waals surface area contributed by atoms with Crippen LogP contribution in [-0.4, -0.2) is 31.5 Å². The standard InChI is InChI=1S/C25H18F4N4O2/c26-17-6-8-18(9-7-17)33-21-10-5-16(11-15(21)12-31-33)24(35,25(27,28)29)20-13-32(14-23(30)34)22-4-2-1-3-19(20)22/h1-13,35H,14H2,(H2,30,34). The maximum absolute atomic E-state index is 14.6. The van der Waals surface area contributed by atoms with Gasteiger partial charge >= 0.3 is 6.18 Å². The number of nitrogens with two attached hydrogens (primary N) is 1. The Morgan fingerprint density at radius 1 is 1.00 bits per heavy atom. The van der Waals surface area contributed by atoms with Crippen molar-refractivity contribution in [2.45, 2.75) is 18.3 Å². The number of nitrogens with zero attached hydrogens (tertiary/aromatic N) is 3. The summed E-state index contributed by atoms with van der Waals surface area (Å²) in [6.45, 7) is -0.349. The summed E-state index contributed by atoms with van der Waals surface area (Å²) in [5.41, 5.74) is 2.37. The minimum Gasteiger partial charge on any atom is -0.372 e. The van der Waals surface area contributed by atoms with Crippen LogP contribution in [0, 0.1) is 5.82 Å². The number of carbonyl (C=O) groups is 1. The lowest BCUT2D eigenvalue weighted by atomic mass is 9.85. The van der Waals surface area contributed by atoms with E-state index in [1.165, 1.54) is 64.0 Å². The smallest absolute Gasteiger partial charge is 0.372 e. The van der Waals surface area contributed by atoms with Gasteiger partial charge in [-0.3, -0.25) is 4.79 Å². The van der Waals surface area contributed by atoms with Crippen molar-refractivity contribution in [3.05, 3.63) is 96.1 Å². The summed E-state index contributed by atoms with van der Waals surface area (Å²) in [5, 5.41) is 16.0. The average Bonchev–Trinajstić information content (AvgIpc) is 3.40. The summed E-state index contributed by atoms with van der Waals surface area (Å²) in [7, 11) is 0. The van der Waals surface area contributed by atoms with Gasteiger partial charge in [0.05, 0.1) is 17.4 Å². The van der Waals surface area contributed by atoms with Gasteiger partial charge in [0.2, 0.25) is 11.5 Å². The number of hydrogen-bond acceptors (Lipinski definition) is 3. The summed E-state index contributed by atoms with van der Waals surface area (Å²) in [6.07, 6.45) is -2.63. The van der Waals surface area contributed by atoms with Gasteiger partial charge < -0.3 is 15.4 Å². The molecule has 5 rings (SSSR count). The summed E-state index contributed by atoms with van der Waals surface area (Å²) < 4.78 is 59.8. The molecule has 2 heterocycles. The van der Waals surface area contributed by atoms with Gasteiger partial charge in [-0.2, -0.15) is 18.3 Å². The number of rotatable bonds is 5. The van der Waals surface area contributed by atoms with Gasteiger partial charge in [0.25, 0.3) is 0 Å². The number of halogens is 4. The summed E-state index contributed by atoms with van der Waals surface area (Å²) in [6, 6.07) is 15.5. The fourth-order valence-corrected chi connectivity index (χ4v) is 4.35. The predicted molar refractivity (Wildman–Crippen MR) is 121 cm³/mol. The monoisotopic (exact) mass is 482 g/mol. The van der Waals surface area contributed by atoms with E-state index in [-0.39, 0.29) is 11.9 Å². The molecular formula is C25H18F4N4O2. The first kappa shape index (κ1) is 22.6. The Kier molecular flexibility index (Phi) is 5.13. The number of aliphatic hydroxyl groups is 1. The van der Waals surface area contributed by atoms with Crippen LogP contribution in [0.1, 0.15) is 11.1 Å². The average molecular weight is 482 g/mol. The maximum atomic E-state index is 14.6. The van der Waals surface area contributed by atoms with Crippen molar-refractivity contribution in [2.75, 3.05) is 0 Å². The maximum Gasteiger partial charge on any atom is 0.425 e. The van der Waals surface area contributed by atoms with Crippen LogP contribution < -0.4 is 5.73 Å². The second-order valence-electron chi connectivity index (χ2n) is 8.17. The molecule has 0 bridgehead atoms. The molecule has 1 unspecified atom stereocenters. The summed E-state index contributed by atoms with van der Waals surface area (Å²) in [4.78, 5) is 11.5. The van der Waals surface area contributed by atoms with Crippen molar-refractivity contribution in [1.82, 2.24) is 14.3 Å². The van der Waals surface area contributed by atoms with E-state index in [1.807, 2.05) is 0 Å². The molecule has 0 fully saturated rings. The molecule has 0 spiro atoms. The Morgan fingerprint density at radius 2 is 1.71 bits per heavy atom. The summed E-state index contributed by atoms with van der Waals surface area (Å²) in [5.74, 6) is -1.17. The number of amides is 1. The van der Waals surface area contributed by atoms with E-state index in [0.29, 0.717) is 22.1 Å². The second kappa shape index (κ2) is 7.95. The number of hydrogen-bond donors (Lipinski definition) is 2. The Balaban J connectivity index is 1.70. The second-order valence-corrected chi connectivity index (χ2v) is 8.17. The van der Waals surface area contributed by atoms with Crippen LogP contribution in [0.2, 0.25) is 0 Å². The molecule has 6 nitrogen and oxygen atoms in total. The molecule has 10 heteroatoms. The molecule has 1 amide bonds. The first-order valence-corrected chi connectivity index (χ1v) is 10.5. The zero-order valence-electron chi connectivity index (χ0n) is 18.0. The van der Waals surface area contributed by atoms with E-state index in [1.54, 1.807) is 18.2 Å². The molecule has 0 saturated heterocycles. The Labute approximate surface area is 195 Å². The molecule has 0 aliphatic carbocycles. The largest absolute Gasteiger partial charge is 0.425 e. The third-order valence-corrected chi connectivity index (χ3v) is 5.97. The lowest BCUT2D eigenvalue weighted by Gasteiger charge is -2.31. The normalized spacial score (nSPS) is 13.9. The van der Waals surface area contributed by atoms with Crippen LogP contribution in [0.3, 0.4) is 0 Å². The van der Waals surface area contributed by atoms with E-state index in [9.17, 15) is 27.5 Å². The third kappa shape index (κ3) is 3.62. The van der Waals surface area contributed by atoms with Crippen LogP contribution in [0.5, 0.6) is 0 Å². The molecule has 1 atom stereocenters. The van der Waals surface area contributed by atoms with Crippen molar-refractivity contribution in [3.63, 3.8) is 0 Å². The van der Waals surface area contributed by atoms with E-state index >= 15 is 0 Å². The van der Waals surface area contributed by atoms with Crippen LogP contribution in [-0.2, 0) is 16.9 Å². The van der Waals surface area contributed by atoms with Gasteiger partial charge in [0.1, 0.15) is 12.4 Å². The van der Waals surface area contributed by atoms with Gasteiger partial charge in [-0.15, -0.1) is 0 Å². The quantitative estimate of drug-likeness (QED) is 0.364. The van der Waals surface area contributed by atoms with Crippen LogP contribution in [0.4, 0.5) is 17.6 Å². The highest BCUT2D eigenvalue weighted by Crippen LogP contribution is 2.47. The molecule has 0 saturated carbocycles. The lowest BCUT2D eigenvalue weighted by molar-refractivity contribution is -0.247. The Hall–Kier alpha value is -4.18. The van der Waals surface area contributed by atoms with Crippen LogP contribution in [0.15, 0.2) is 79.1 Å². The van der Waals surface area contributed by atoms with Crippen molar-refractivity contribution in [1.29, 1.82) is 0 Å². The number of primary amides is 1. The SMILES string of the molecule is NC(=O)Cn1cc(C(O)(c2ccc3c(cnn3-c3ccc(F)cc3)c2)C(F)(F)F)c2ccccc21. The topological polar surface area (TPSA) is 86.1 Å². The molecule has 0 radical (unpaired) electrons. The lowest BCUT2D eigenvalue weighted by Crippen LogP contribution is -2.43. The fourth-order valence-electron chi connectivity index (χ4n) is 4.35. The van der Waals surface area contributed by atoms with Crippen molar-refractivity contribution >= 4 is 27.7 Å². The van der Waals surface area contributed by atoms with Gasteiger partial charge in [0.15, 0.2) is 0 Å². The molecule has 35 heavy (non-hydrogen) atoms. The summed E-state index contributed by atoms with van der Waals surface area (Å²) >= 11 is 0. The number of benzene rings is 3. The molecule has 3 aromatic carbocycles. The number of para-hydroxylation sites is 1. The van der Waals surface area contributed by atoms with E-state index in [4.69, 9.17) is 5.73 Å². The van der Waals surface area contributed by atoms with Crippen LogP contribution >= 0.6 is 0 Å². The van der Waals surface area contributed by atoms with E-state index in [0.717, 1.165) is 6.20 Å². The van der Waals surface area contributed by atoms with Gasteiger partial charge in [-0.05, 0) is 48.0 Å². The minimum absolute atomic E-state index is 0.135. The predicted octanol–water partition coefficient (Wildman–Crippen LogP) is 4.40. The van der Waals surface area contributed by atoms with Gasteiger partial charge in [0, 0.05) is 28.0 Å². The highest BCUT2D eigenvalue weighted by Gasteiger charge is 2.57. The third-order valence-electron chi connectivity index (χ3n) is 5.97. The van der Waals surface area contributed by atoms with Gasteiger partial charge in [-0.25, -0.2) is 9.07 Å². The van der Waals surface area contributed by atoms with E-state index < -0.39 is 34.6 Å². The van der Waals surface area contributed by atoms with Gasteiger partial charge in [-0.1, -0.05) is 24.3 Å². The molecule has 0 aliphatic rings. The first-order valence-electron chi connectivity index (χ1n) is 10.5. The van der Waals surface area contributed by atoms with Crippen molar-refractivity contribution in [3.8, 4) is 5.69 Å². The molecular weight excluding hydrogens is 464 g/mol. The first-order chi connectivity index (χ1) is 16.6. The fraction of sp³-hybridized carbons (Fsp3) is 0.120. The number of fused-ring (bicyclic) bond motifs is 2. The molecule has 5 aromatic rings. The Bertz CT molecular complexity index is 1570. The number of carbonyl (C=O) groups excluding carboxylic acids is 1. The zero-order valence-corrected chi connectivity index (χ0v) is 18.0. The van der Waals surface area contributed by atoms with E-state index in [2.05, 4.69) is 5.10 Å². The molecule has 178 valence electrons. The highest BCUT2D eigenvalue weighted by atomic mass is 19.4. The minimum atomic E-state index is -5.10. The number of aromatic nitrogens is 3. The van der Waals surface area contributed by atoms with Crippen molar-refractivity contribution < 1.29 is 27.5 Å². The molecule has 3 N–H and O–H groups in total. The molecule has 2 aromatic heterocycles. The molecule has 0 aliphatic heterocycles. The Morgan fingerprint density at radius 3 is 2.40 bits per heavy atom. The zero-order chi connectivity index (χ0) is 25.0. The van der Waals surface area contributed by atoms with Crippen LogP contribution in [0.25, 0.3) is 27.5 Å². The highest BCUT2D eigenvalue weighted by molar-refractivity contribution is 5.88. The van der Waals surface area contributed by atoms with Crippen molar-refractivity contribution in [2.24, 2.45) is 5.73 Å². The number of alkyl halides is 3.